The monoisotopic (exact) mass is 262 g/mol. The molecule has 1 aromatic rings. The van der Waals surface area contributed by atoms with Gasteiger partial charge in [0.25, 0.3) is 0 Å². The maximum absolute atomic E-state index is 11.4. The van der Waals surface area contributed by atoms with Gasteiger partial charge in [-0.1, -0.05) is 51.8 Å². The Morgan fingerprint density at radius 2 is 1.89 bits per heavy atom. The second kappa shape index (κ2) is 5.16. The van der Waals surface area contributed by atoms with Crippen molar-refractivity contribution in [2.75, 3.05) is 7.11 Å². The predicted octanol–water partition coefficient (Wildman–Crippen LogP) is 4.12. The van der Waals surface area contributed by atoms with Crippen LogP contribution < -0.4 is 4.74 Å². The van der Waals surface area contributed by atoms with Crippen LogP contribution in [0, 0.1) is 11.3 Å². The molecule has 106 valence electrons. The zero-order chi connectivity index (χ0) is 14.1. The summed E-state index contributed by atoms with van der Waals surface area (Å²) >= 11 is 0. The standard InChI is InChI=1S/C17H26O2/c1-16(2,3)15-11-7-8-12-17(15,18)13-9-5-6-10-14(13)19-4/h5-6,9-10,15,18H,7-8,11-12H2,1-4H3. The Hall–Kier alpha value is -1.02. The summed E-state index contributed by atoms with van der Waals surface area (Å²) in [6.45, 7) is 6.68. The summed E-state index contributed by atoms with van der Waals surface area (Å²) in [6.07, 6.45) is 4.20. The predicted molar refractivity (Wildman–Crippen MR) is 78.3 cm³/mol. The van der Waals surface area contributed by atoms with Gasteiger partial charge in [0.05, 0.1) is 12.7 Å². The van der Waals surface area contributed by atoms with E-state index in [9.17, 15) is 5.11 Å². The molecular formula is C17H26O2. The zero-order valence-corrected chi connectivity index (χ0v) is 12.6. The van der Waals surface area contributed by atoms with Crippen LogP contribution in [0.25, 0.3) is 0 Å². The van der Waals surface area contributed by atoms with Crippen LogP contribution >= 0.6 is 0 Å². The van der Waals surface area contributed by atoms with E-state index in [0.29, 0.717) is 0 Å². The van der Waals surface area contributed by atoms with Crippen LogP contribution in [0.1, 0.15) is 52.0 Å². The second-order valence-corrected chi connectivity index (χ2v) is 6.79. The van der Waals surface area contributed by atoms with E-state index in [1.54, 1.807) is 7.11 Å². The lowest BCUT2D eigenvalue weighted by molar-refractivity contribution is -0.0970. The van der Waals surface area contributed by atoms with Crippen LogP contribution in [0.15, 0.2) is 24.3 Å². The van der Waals surface area contributed by atoms with Crippen molar-refractivity contribution in [3.8, 4) is 5.75 Å². The van der Waals surface area contributed by atoms with Crippen molar-refractivity contribution in [1.29, 1.82) is 0 Å². The number of para-hydroxylation sites is 1. The van der Waals surface area contributed by atoms with Crippen molar-refractivity contribution in [1.82, 2.24) is 0 Å². The SMILES string of the molecule is COc1ccccc1C1(O)CCCCC1C(C)(C)C. The smallest absolute Gasteiger partial charge is 0.124 e. The lowest BCUT2D eigenvalue weighted by Crippen LogP contribution is -2.44. The van der Waals surface area contributed by atoms with Crippen LogP contribution in [-0.2, 0) is 5.60 Å². The fraction of sp³-hybridized carbons (Fsp3) is 0.647. The highest BCUT2D eigenvalue weighted by Crippen LogP contribution is 2.51. The fourth-order valence-corrected chi connectivity index (χ4v) is 3.63. The third-order valence-electron chi connectivity index (χ3n) is 4.50. The van der Waals surface area contributed by atoms with Crippen molar-refractivity contribution in [3.05, 3.63) is 29.8 Å². The van der Waals surface area contributed by atoms with E-state index in [2.05, 4.69) is 20.8 Å². The van der Waals surface area contributed by atoms with Crippen LogP contribution in [0.4, 0.5) is 0 Å². The van der Waals surface area contributed by atoms with E-state index in [4.69, 9.17) is 4.74 Å². The summed E-state index contributed by atoms with van der Waals surface area (Å²) in [5, 5.41) is 11.4. The Bertz CT molecular complexity index is 433. The van der Waals surface area contributed by atoms with Gasteiger partial charge in [-0.15, -0.1) is 0 Å². The third-order valence-corrected chi connectivity index (χ3v) is 4.50. The highest BCUT2D eigenvalue weighted by molar-refractivity contribution is 5.39. The first-order valence-corrected chi connectivity index (χ1v) is 7.25. The Kier molecular flexibility index (Phi) is 3.91. The molecule has 0 bridgehead atoms. The quantitative estimate of drug-likeness (QED) is 0.868. The summed E-state index contributed by atoms with van der Waals surface area (Å²) in [6, 6.07) is 7.91. The maximum atomic E-state index is 11.4. The molecule has 1 fully saturated rings. The molecule has 0 aliphatic heterocycles. The minimum Gasteiger partial charge on any atom is -0.496 e. The van der Waals surface area contributed by atoms with E-state index in [1.807, 2.05) is 24.3 Å². The van der Waals surface area contributed by atoms with Crippen LogP contribution in [0.3, 0.4) is 0 Å². The lowest BCUT2D eigenvalue weighted by Gasteiger charge is -2.47. The second-order valence-electron chi connectivity index (χ2n) is 6.79. The van der Waals surface area contributed by atoms with E-state index in [-0.39, 0.29) is 11.3 Å². The molecule has 19 heavy (non-hydrogen) atoms. The molecule has 0 aromatic heterocycles. The van der Waals surface area contributed by atoms with Crippen molar-refractivity contribution in [2.45, 2.75) is 52.1 Å². The van der Waals surface area contributed by atoms with Gasteiger partial charge < -0.3 is 9.84 Å². The van der Waals surface area contributed by atoms with Gasteiger partial charge in [0, 0.05) is 5.56 Å². The molecule has 0 heterocycles. The molecule has 2 atom stereocenters. The van der Waals surface area contributed by atoms with Crippen LogP contribution in [0.5, 0.6) is 5.75 Å². The first-order valence-electron chi connectivity index (χ1n) is 7.25. The third kappa shape index (κ3) is 2.64. The molecule has 1 aliphatic carbocycles. The molecule has 0 spiro atoms. The number of ether oxygens (including phenoxy) is 1. The normalized spacial score (nSPS) is 28.2. The zero-order valence-electron chi connectivity index (χ0n) is 12.6. The van der Waals surface area contributed by atoms with Crippen LogP contribution in [0.2, 0.25) is 0 Å². The molecule has 0 amide bonds. The van der Waals surface area contributed by atoms with Crippen molar-refractivity contribution in [3.63, 3.8) is 0 Å². The molecule has 1 saturated carbocycles. The van der Waals surface area contributed by atoms with Gasteiger partial charge in [0.15, 0.2) is 0 Å². The van der Waals surface area contributed by atoms with Gasteiger partial charge in [0.1, 0.15) is 5.75 Å². The topological polar surface area (TPSA) is 29.5 Å². The Labute approximate surface area is 116 Å². The average Bonchev–Trinajstić information content (AvgIpc) is 2.38. The summed E-state index contributed by atoms with van der Waals surface area (Å²) in [7, 11) is 1.68. The number of rotatable bonds is 2. The average molecular weight is 262 g/mol. The maximum Gasteiger partial charge on any atom is 0.124 e. The van der Waals surface area contributed by atoms with Gasteiger partial charge in [-0.3, -0.25) is 0 Å². The molecule has 2 rings (SSSR count). The Morgan fingerprint density at radius 3 is 2.53 bits per heavy atom. The van der Waals surface area contributed by atoms with Gasteiger partial charge in [0.2, 0.25) is 0 Å². The molecule has 1 aromatic carbocycles. The first kappa shape index (κ1) is 14.4. The number of benzene rings is 1. The molecule has 1 aliphatic rings. The summed E-state index contributed by atoms with van der Waals surface area (Å²) in [5.74, 6) is 1.08. The fourth-order valence-electron chi connectivity index (χ4n) is 3.63. The number of methoxy groups -OCH3 is 1. The first-order chi connectivity index (χ1) is 8.89. The number of aliphatic hydroxyl groups is 1. The summed E-state index contributed by atoms with van der Waals surface area (Å²) in [4.78, 5) is 0. The highest BCUT2D eigenvalue weighted by atomic mass is 16.5. The number of hydrogen-bond acceptors (Lipinski definition) is 2. The molecule has 0 saturated heterocycles. The van der Waals surface area contributed by atoms with Crippen molar-refractivity contribution in [2.24, 2.45) is 11.3 Å². The number of hydrogen-bond donors (Lipinski definition) is 1. The van der Waals surface area contributed by atoms with Crippen molar-refractivity contribution < 1.29 is 9.84 Å². The highest BCUT2D eigenvalue weighted by Gasteiger charge is 2.47. The van der Waals surface area contributed by atoms with Crippen LogP contribution in [-0.4, -0.2) is 12.2 Å². The van der Waals surface area contributed by atoms with Gasteiger partial charge >= 0.3 is 0 Å². The molecular weight excluding hydrogens is 236 g/mol. The minimum atomic E-state index is -0.761. The van der Waals surface area contributed by atoms with Gasteiger partial charge in [-0.25, -0.2) is 0 Å². The largest absolute Gasteiger partial charge is 0.496 e. The summed E-state index contributed by atoms with van der Waals surface area (Å²) in [5.41, 5.74) is 0.288. The molecule has 2 unspecified atom stereocenters. The molecule has 1 N–H and O–H groups in total. The van der Waals surface area contributed by atoms with Crippen molar-refractivity contribution >= 4 is 0 Å². The minimum absolute atomic E-state index is 0.0933. The van der Waals surface area contributed by atoms with Gasteiger partial charge in [-0.2, -0.15) is 0 Å². The molecule has 2 nitrogen and oxygen atoms in total. The summed E-state index contributed by atoms with van der Waals surface area (Å²) < 4.78 is 5.46. The van der Waals surface area contributed by atoms with E-state index < -0.39 is 5.60 Å². The van der Waals surface area contributed by atoms with E-state index >= 15 is 0 Å². The Balaban J connectivity index is 2.48. The lowest BCUT2D eigenvalue weighted by atomic mass is 9.61. The van der Waals surface area contributed by atoms with E-state index in [1.165, 1.54) is 6.42 Å². The van der Waals surface area contributed by atoms with Gasteiger partial charge in [-0.05, 0) is 30.2 Å². The van der Waals surface area contributed by atoms with E-state index in [0.717, 1.165) is 30.6 Å². The molecule has 2 heteroatoms. The Morgan fingerprint density at radius 1 is 1.21 bits per heavy atom. The molecule has 0 radical (unpaired) electrons.